The second kappa shape index (κ2) is 4.21. The molecule has 1 aliphatic carbocycles. The van der Waals surface area contributed by atoms with Gasteiger partial charge in [0.15, 0.2) is 0 Å². The number of nitrogens with one attached hydrogen (secondary N) is 1. The minimum absolute atomic E-state index is 0.286. The molecule has 0 aromatic carbocycles. The maximum absolute atomic E-state index is 9.34. The van der Waals surface area contributed by atoms with E-state index in [1.165, 1.54) is 19.3 Å². The van der Waals surface area contributed by atoms with Crippen molar-refractivity contribution in [3.8, 4) is 0 Å². The van der Waals surface area contributed by atoms with Crippen molar-refractivity contribution in [3.63, 3.8) is 0 Å². The van der Waals surface area contributed by atoms with Crippen LogP contribution in [0, 0.1) is 0 Å². The Morgan fingerprint density at radius 1 is 1.58 bits per heavy atom. The second-order valence-corrected chi connectivity index (χ2v) is 3.90. The zero-order chi connectivity index (χ0) is 9.03. The lowest BCUT2D eigenvalue weighted by Gasteiger charge is -2.40. The number of methoxy groups -OCH3 is 1. The summed E-state index contributed by atoms with van der Waals surface area (Å²) in [7, 11) is 1.61. The van der Waals surface area contributed by atoms with E-state index in [4.69, 9.17) is 4.74 Å². The van der Waals surface area contributed by atoms with E-state index in [0.29, 0.717) is 13.2 Å². The van der Waals surface area contributed by atoms with Gasteiger partial charge in [-0.15, -0.1) is 0 Å². The molecule has 1 aliphatic rings. The van der Waals surface area contributed by atoms with E-state index in [1.807, 2.05) is 0 Å². The summed E-state index contributed by atoms with van der Waals surface area (Å²) in [4.78, 5) is 0. The third kappa shape index (κ3) is 2.73. The summed E-state index contributed by atoms with van der Waals surface area (Å²) >= 11 is 0. The van der Waals surface area contributed by atoms with Crippen LogP contribution in [-0.2, 0) is 4.74 Å². The number of β-amino-alcohol motifs (C(OH)–C–C–N with tert-alkyl or cyclic N) is 1. The van der Waals surface area contributed by atoms with Gasteiger partial charge in [0.2, 0.25) is 0 Å². The van der Waals surface area contributed by atoms with Gasteiger partial charge in [0.25, 0.3) is 0 Å². The van der Waals surface area contributed by atoms with E-state index in [0.717, 1.165) is 0 Å². The first-order valence-corrected chi connectivity index (χ1v) is 4.58. The summed E-state index contributed by atoms with van der Waals surface area (Å²) in [5.74, 6) is 0. The molecule has 1 unspecified atom stereocenters. The summed E-state index contributed by atoms with van der Waals surface area (Å²) in [5, 5.41) is 12.7. The summed E-state index contributed by atoms with van der Waals surface area (Å²) in [6.45, 7) is 3.27. The highest BCUT2D eigenvalue weighted by Crippen LogP contribution is 2.30. The number of hydrogen-bond acceptors (Lipinski definition) is 3. The van der Waals surface area contributed by atoms with Gasteiger partial charge in [0, 0.05) is 19.2 Å². The summed E-state index contributed by atoms with van der Waals surface area (Å²) in [5.41, 5.74) is 0.286. The van der Waals surface area contributed by atoms with Crippen LogP contribution >= 0.6 is 0 Å². The smallest absolute Gasteiger partial charge is 0.0897 e. The van der Waals surface area contributed by atoms with Crippen LogP contribution in [0.3, 0.4) is 0 Å². The predicted molar refractivity (Wildman–Crippen MR) is 48.1 cm³/mol. The number of ether oxygens (including phenoxy) is 1. The Morgan fingerprint density at radius 2 is 2.25 bits per heavy atom. The molecule has 2 N–H and O–H groups in total. The summed E-state index contributed by atoms with van der Waals surface area (Å²) in [6.07, 6.45) is 3.40. The molecule has 1 atom stereocenters. The molecule has 0 bridgehead atoms. The molecule has 1 fully saturated rings. The zero-order valence-electron chi connectivity index (χ0n) is 7.97. The van der Waals surface area contributed by atoms with Crippen molar-refractivity contribution in [2.24, 2.45) is 0 Å². The van der Waals surface area contributed by atoms with Crippen LogP contribution in [0.15, 0.2) is 0 Å². The quantitative estimate of drug-likeness (QED) is 0.637. The molecule has 0 radical (unpaired) electrons. The highest BCUT2D eigenvalue weighted by molar-refractivity contribution is 4.91. The average molecular weight is 173 g/mol. The fourth-order valence-corrected chi connectivity index (χ4v) is 1.50. The molecule has 3 nitrogen and oxygen atoms in total. The lowest BCUT2D eigenvalue weighted by molar-refractivity contribution is 0.0531. The van der Waals surface area contributed by atoms with Crippen molar-refractivity contribution in [1.29, 1.82) is 0 Å². The zero-order valence-corrected chi connectivity index (χ0v) is 7.97. The van der Waals surface area contributed by atoms with Crippen molar-refractivity contribution < 1.29 is 9.84 Å². The highest BCUT2D eigenvalue weighted by atomic mass is 16.5. The fraction of sp³-hybridized carbons (Fsp3) is 1.00. The molecule has 0 spiro atoms. The van der Waals surface area contributed by atoms with E-state index < -0.39 is 0 Å². The van der Waals surface area contributed by atoms with Gasteiger partial charge in [-0.2, -0.15) is 0 Å². The fourth-order valence-electron chi connectivity index (χ4n) is 1.50. The van der Waals surface area contributed by atoms with Crippen molar-refractivity contribution in [3.05, 3.63) is 0 Å². The van der Waals surface area contributed by atoms with Crippen LogP contribution in [0.1, 0.15) is 26.2 Å². The highest BCUT2D eigenvalue weighted by Gasteiger charge is 2.31. The molecule has 0 aromatic heterocycles. The van der Waals surface area contributed by atoms with Gasteiger partial charge >= 0.3 is 0 Å². The number of rotatable bonds is 5. The minimum Gasteiger partial charge on any atom is -0.389 e. The van der Waals surface area contributed by atoms with Gasteiger partial charge in [0.1, 0.15) is 0 Å². The Hall–Kier alpha value is -0.120. The van der Waals surface area contributed by atoms with Crippen LogP contribution in [0.25, 0.3) is 0 Å². The van der Waals surface area contributed by atoms with Crippen LogP contribution in [0.2, 0.25) is 0 Å². The maximum atomic E-state index is 9.34. The van der Waals surface area contributed by atoms with E-state index in [1.54, 1.807) is 7.11 Å². The molecule has 0 aliphatic heterocycles. The third-order valence-corrected chi connectivity index (χ3v) is 2.58. The molecular formula is C9H19NO2. The normalized spacial score (nSPS) is 23.2. The van der Waals surface area contributed by atoms with E-state index in [9.17, 15) is 5.11 Å². The minimum atomic E-state index is -0.368. The predicted octanol–water partition coefficient (Wildman–Crippen LogP) is 0.526. The number of aliphatic hydroxyl groups excluding tert-OH is 1. The molecule has 0 heterocycles. The second-order valence-electron chi connectivity index (χ2n) is 3.90. The first-order chi connectivity index (χ1) is 5.66. The largest absolute Gasteiger partial charge is 0.389 e. The molecule has 72 valence electrons. The molecule has 0 saturated heterocycles. The first kappa shape index (κ1) is 9.96. The standard InChI is InChI=1S/C9H19NO2/c1-9(4-3-5-9)10-6-8(11)7-12-2/h8,10-11H,3-7H2,1-2H3. The average Bonchev–Trinajstić information content (AvgIpc) is 1.98. The van der Waals surface area contributed by atoms with Crippen LogP contribution in [0.4, 0.5) is 0 Å². The Balaban J connectivity index is 2.07. The number of aliphatic hydroxyl groups is 1. The van der Waals surface area contributed by atoms with Crippen LogP contribution in [-0.4, -0.2) is 37.0 Å². The molecule has 0 aromatic rings. The van der Waals surface area contributed by atoms with Crippen molar-refractivity contribution in [2.75, 3.05) is 20.3 Å². The lowest BCUT2D eigenvalue weighted by Crippen LogP contribution is -2.51. The Morgan fingerprint density at radius 3 is 2.67 bits per heavy atom. The Labute approximate surface area is 74.1 Å². The SMILES string of the molecule is COCC(O)CNC1(C)CCC1. The Kier molecular flexibility index (Phi) is 3.50. The van der Waals surface area contributed by atoms with Gasteiger partial charge in [0.05, 0.1) is 12.7 Å². The van der Waals surface area contributed by atoms with Gasteiger partial charge < -0.3 is 15.2 Å². The van der Waals surface area contributed by atoms with Crippen LogP contribution in [0.5, 0.6) is 0 Å². The monoisotopic (exact) mass is 173 g/mol. The van der Waals surface area contributed by atoms with Gasteiger partial charge in [-0.1, -0.05) is 0 Å². The van der Waals surface area contributed by atoms with Gasteiger partial charge in [-0.25, -0.2) is 0 Å². The topological polar surface area (TPSA) is 41.5 Å². The van der Waals surface area contributed by atoms with Crippen molar-refractivity contribution in [2.45, 2.75) is 37.8 Å². The van der Waals surface area contributed by atoms with E-state index in [-0.39, 0.29) is 11.6 Å². The lowest BCUT2D eigenvalue weighted by atomic mass is 9.78. The summed E-state index contributed by atoms with van der Waals surface area (Å²) in [6, 6.07) is 0. The van der Waals surface area contributed by atoms with Crippen molar-refractivity contribution >= 4 is 0 Å². The molecule has 12 heavy (non-hydrogen) atoms. The Bertz CT molecular complexity index is 134. The summed E-state index contributed by atoms with van der Waals surface area (Å²) < 4.78 is 4.83. The van der Waals surface area contributed by atoms with Crippen molar-refractivity contribution in [1.82, 2.24) is 5.32 Å². The van der Waals surface area contributed by atoms with Crippen LogP contribution < -0.4 is 5.32 Å². The molecule has 1 rings (SSSR count). The van der Waals surface area contributed by atoms with E-state index >= 15 is 0 Å². The maximum Gasteiger partial charge on any atom is 0.0897 e. The number of hydrogen-bond donors (Lipinski definition) is 2. The molecular weight excluding hydrogens is 154 g/mol. The third-order valence-electron chi connectivity index (χ3n) is 2.58. The van der Waals surface area contributed by atoms with Gasteiger partial charge in [-0.3, -0.25) is 0 Å². The first-order valence-electron chi connectivity index (χ1n) is 4.58. The molecule has 0 amide bonds. The van der Waals surface area contributed by atoms with Gasteiger partial charge in [-0.05, 0) is 26.2 Å². The molecule has 1 saturated carbocycles. The molecule has 3 heteroatoms. The van der Waals surface area contributed by atoms with E-state index in [2.05, 4.69) is 12.2 Å².